The molecule has 14 heavy (non-hydrogen) atoms. The molecule has 0 saturated heterocycles. The fraction of sp³-hybridized carbons (Fsp3) is 0. The van der Waals surface area contributed by atoms with E-state index in [9.17, 15) is 0 Å². The zero-order valence-corrected chi connectivity index (χ0v) is 8.51. The molecule has 0 aliphatic heterocycles. The number of nitrogens with one attached hydrogen (secondary N) is 1. The second-order valence-corrected chi connectivity index (χ2v) is 3.06. The summed E-state index contributed by atoms with van der Waals surface area (Å²) in [6.45, 7) is 0. The van der Waals surface area contributed by atoms with Crippen LogP contribution in [0.25, 0.3) is 11.0 Å². The molecule has 0 bridgehead atoms. The Morgan fingerprint density at radius 3 is 2.71 bits per heavy atom. The number of rotatable bonds is 1. The molecule has 0 spiro atoms. The Balaban J connectivity index is 0.000000980. The number of nitrogens with zero attached hydrogens (tertiary/aromatic N) is 1. The van der Waals surface area contributed by atoms with E-state index >= 15 is 0 Å². The van der Waals surface area contributed by atoms with Crippen LogP contribution in [-0.2, 0) is 0 Å². The predicted molar refractivity (Wildman–Crippen MR) is 58.2 cm³/mol. The summed E-state index contributed by atoms with van der Waals surface area (Å²) in [6, 6.07) is 3.21. The van der Waals surface area contributed by atoms with Gasteiger partial charge in [-0.05, 0) is 12.1 Å². The van der Waals surface area contributed by atoms with Gasteiger partial charge in [0, 0.05) is 17.2 Å². The van der Waals surface area contributed by atoms with Crippen molar-refractivity contribution < 1.29 is 10.0 Å². The van der Waals surface area contributed by atoms with Crippen molar-refractivity contribution >= 4 is 47.8 Å². The number of hydrogen-bond acceptors (Lipinski definition) is 3. The molecule has 0 radical (unpaired) electrons. The second kappa shape index (κ2) is 4.19. The number of aromatic nitrogens is 2. The maximum Gasteiger partial charge on any atom is 0.505 e. The predicted octanol–water partition coefficient (Wildman–Crippen LogP) is 0.318. The lowest BCUT2D eigenvalue weighted by Gasteiger charge is -1.89. The van der Waals surface area contributed by atoms with E-state index in [1.165, 1.54) is 0 Å². The average molecular weight is 233 g/mol. The van der Waals surface area contributed by atoms with Gasteiger partial charge < -0.3 is 15.0 Å². The minimum Gasteiger partial charge on any atom is -0.422 e. The van der Waals surface area contributed by atoms with E-state index < -0.39 is 7.12 Å². The van der Waals surface area contributed by atoms with Crippen molar-refractivity contribution in [2.45, 2.75) is 0 Å². The summed E-state index contributed by atoms with van der Waals surface area (Å²) in [7, 11) is -1.52. The fourth-order valence-corrected chi connectivity index (χ4v) is 1.35. The number of H-pyrrole nitrogens is 1. The molecule has 0 aliphatic rings. The molecule has 0 amide bonds. The smallest absolute Gasteiger partial charge is 0.422 e. The molecule has 7 heteroatoms. The highest BCUT2D eigenvalue weighted by Crippen LogP contribution is 2.18. The first kappa shape index (κ1) is 11.3. The summed E-state index contributed by atoms with van der Waals surface area (Å²) in [4.78, 5) is 6.72. The fourth-order valence-electron chi connectivity index (χ4n) is 1.15. The highest BCUT2D eigenvalue weighted by Gasteiger charge is 2.15. The van der Waals surface area contributed by atoms with Crippen molar-refractivity contribution in [3.8, 4) is 0 Å². The molecule has 2 aromatic heterocycles. The van der Waals surface area contributed by atoms with Crippen molar-refractivity contribution in [1.82, 2.24) is 9.97 Å². The van der Waals surface area contributed by atoms with Crippen molar-refractivity contribution in [2.75, 3.05) is 0 Å². The van der Waals surface area contributed by atoms with Crippen LogP contribution in [-0.4, -0.2) is 27.1 Å². The van der Waals surface area contributed by atoms with Gasteiger partial charge in [0.15, 0.2) is 0 Å². The molecule has 2 aromatic rings. The molecule has 2 heterocycles. The van der Waals surface area contributed by atoms with E-state index in [2.05, 4.69) is 9.97 Å². The quantitative estimate of drug-likeness (QED) is 0.621. The van der Waals surface area contributed by atoms with Crippen LogP contribution in [0.5, 0.6) is 0 Å². The Kier molecular flexibility index (Phi) is 3.39. The minimum absolute atomic E-state index is 0. The van der Waals surface area contributed by atoms with E-state index in [0.29, 0.717) is 16.1 Å². The largest absolute Gasteiger partial charge is 0.505 e. The van der Waals surface area contributed by atoms with Crippen LogP contribution in [0.4, 0.5) is 0 Å². The highest BCUT2D eigenvalue weighted by atomic mass is 35.5. The van der Waals surface area contributed by atoms with E-state index in [1.807, 2.05) is 0 Å². The standard InChI is InChI=1S/C7H6BClN2O2.ClH/c9-5-1-2-10-7-4(5)3-6(11-7)8(12)13;/h1-3,12-13H,(H,10,11);1H. The van der Waals surface area contributed by atoms with Crippen LogP contribution in [0.2, 0.25) is 5.02 Å². The number of fused-ring (bicyclic) bond motifs is 1. The summed E-state index contributed by atoms with van der Waals surface area (Å²) in [5.74, 6) is 0. The third-order valence-corrected chi connectivity index (χ3v) is 2.11. The molecule has 0 unspecified atom stereocenters. The third kappa shape index (κ3) is 1.86. The molecular formula is C7H7BCl2N2O2. The van der Waals surface area contributed by atoms with E-state index in [4.69, 9.17) is 21.6 Å². The zero-order chi connectivity index (χ0) is 9.42. The van der Waals surface area contributed by atoms with Crippen molar-refractivity contribution in [2.24, 2.45) is 0 Å². The molecule has 74 valence electrons. The molecular weight excluding hydrogens is 226 g/mol. The summed E-state index contributed by atoms with van der Waals surface area (Å²) in [6.07, 6.45) is 1.55. The Morgan fingerprint density at radius 1 is 1.43 bits per heavy atom. The van der Waals surface area contributed by atoms with Gasteiger partial charge in [-0.15, -0.1) is 12.4 Å². The molecule has 4 nitrogen and oxygen atoms in total. The number of hydrogen-bond donors (Lipinski definition) is 3. The molecule has 0 aliphatic carbocycles. The number of halogens is 2. The maximum absolute atomic E-state index is 8.87. The van der Waals surface area contributed by atoms with E-state index in [1.54, 1.807) is 18.3 Å². The Hall–Kier alpha value is -0.745. The van der Waals surface area contributed by atoms with Crippen LogP contribution in [0.3, 0.4) is 0 Å². The van der Waals surface area contributed by atoms with Gasteiger partial charge in [0.2, 0.25) is 0 Å². The molecule has 0 aromatic carbocycles. The van der Waals surface area contributed by atoms with Gasteiger partial charge in [-0.25, -0.2) is 4.98 Å². The first-order valence-electron chi connectivity index (χ1n) is 3.68. The van der Waals surface area contributed by atoms with E-state index in [-0.39, 0.29) is 18.0 Å². The Labute approximate surface area is 91.5 Å². The Morgan fingerprint density at radius 2 is 2.14 bits per heavy atom. The number of pyridine rings is 1. The SMILES string of the molecule is Cl.OB(O)c1cc2c(Cl)ccnc2[nH]1. The summed E-state index contributed by atoms with van der Waals surface area (Å²) in [5.41, 5.74) is 0.839. The van der Waals surface area contributed by atoms with Gasteiger partial charge in [-0.2, -0.15) is 0 Å². The molecule has 3 N–H and O–H groups in total. The van der Waals surface area contributed by atoms with Crippen molar-refractivity contribution in [3.05, 3.63) is 23.4 Å². The average Bonchev–Trinajstić information content (AvgIpc) is 2.49. The minimum atomic E-state index is -1.52. The molecule has 2 rings (SSSR count). The van der Waals surface area contributed by atoms with Crippen LogP contribution in [0.15, 0.2) is 18.3 Å². The number of aromatic amines is 1. The van der Waals surface area contributed by atoms with Gasteiger partial charge in [0.05, 0.1) is 5.02 Å². The first-order chi connectivity index (χ1) is 6.18. The lowest BCUT2D eigenvalue weighted by atomic mass is 9.87. The highest BCUT2D eigenvalue weighted by molar-refractivity contribution is 6.58. The van der Waals surface area contributed by atoms with E-state index in [0.717, 1.165) is 0 Å². The van der Waals surface area contributed by atoms with Crippen LogP contribution in [0, 0.1) is 0 Å². The van der Waals surface area contributed by atoms with Gasteiger partial charge >= 0.3 is 7.12 Å². The summed E-state index contributed by atoms with van der Waals surface area (Å²) in [5, 5.41) is 19.0. The van der Waals surface area contributed by atoms with Crippen LogP contribution >= 0.6 is 24.0 Å². The summed E-state index contributed by atoms with van der Waals surface area (Å²) < 4.78 is 0. The van der Waals surface area contributed by atoms with Gasteiger partial charge in [-0.1, -0.05) is 11.6 Å². The van der Waals surface area contributed by atoms with Crippen LogP contribution < -0.4 is 5.59 Å². The molecule has 0 fully saturated rings. The molecule has 0 atom stereocenters. The normalized spacial score (nSPS) is 9.93. The first-order valence-corrected chi connectivity index (χ1v) is 4.05. The summed E-state index contributed by atoms with van der Waals surface area (Å²) >= 11 is 5.85. The van der Waals surface area contributed by atoms with Gasteiger partial charge in [0.25, 0.3) is 0 Å². The third-order valence-electron chi connectivity index (χ3n) is 1.78. The second-order valence-electron chi connectivity index (χ2n) is 2.65. The van der Waals surface area contributed by atoms with Gasteiger partial charge in [-0.3, -0.25) is 0 Å². The zero-order valence-electron chi connectivity index (χ0n) is 6.94. The van der Waals surface area contributed by atoms with Crippen molar-refractivity contribution in [1.29, 1.82) is 0 Å². The van der Waals surface area contributed by atoms with Gasteiger partial charge in [0.1, 0.15) is 5.65 Å². The van der Waals surface area contributed by atoms with Crippen molar-refractivity contribution in [3.63, 3.8) is 0 Å². The lowest BCUT2D eigenvalue weighted by Crippen LogP contribution is -2.30. The molecule has 0 saturated carbocycles. The topological polar surface area (TPSA) is 69.1 Å². The lowest BCUT2D eigenvalue weighted by molar-refractivity contribution is 0.424. The Bertz CT molecular complexity index is 446. The van der Waals surface area contributed by atoms with Crippen LogP contribution in [0.1, 0.15) is 0 Å². The maximum atomic E-state index is 8.87. The monoisotopic (exact) mass is 232 g/mol.